The Morgan fingerprint density at radius 3 is 2.94 bits per heavy atom. The molecule has 1 rings (SSSR count). The second-order valence-corrected chi connectivity index (χ2v) is 4.85. The highest BCUT2D eigenvalue weighted by Gasteiger charge is 2.05. The minimum atomic E-state index is -0.159. The lowest BCUT2D eigenvalue weighted by molar-refractivity contribution is -0.123. The molecule has 0 aromatic heterocycles. The number of nitrogens with one attached hydrogen (secondary N) is 1. The Labute approximate surface area is 120 Å². The van der Waals surface area contributed by atoms with Crippen molar-refractivity contribution < 1.29 is 14.3 Å². The summed E-state index contributed by atoms with van der Waals surface area (Å²) in [5.74, 6) is 0.430. The number of halogens is 2. The maximum Gasteiger partial charge on any atom is 0.257 e. The zero-order chi connectivity index (χ0) is 13.4. The van der Waals surface area contributed by atoms with E-state index in [1.54, 1.807) is 25.3 Å². The Balaban J connectivity index is 2.29. The van der Waals surface area contributed by atoms with E-state index in [0.717, 1.165) is 10.9 Å². The molecule has 6 heteroatoms. The van der Waals surface area contributed by atoms with Gasteiger partial charge in [0.15, 0.2) is 6.61 Å². The first kappa shape index (κ1) is 15.3. The Bertz CT molecular complexity index is 401. The van der Waals surface area contributed by atoms with Crippen LogP contribution in [0, 0.1) is 0 Å². The van der Waals surface area contributed by atoms with Gasteiger partial charge in [0.1, 0.15) is 5.75 Å². The summed E-state index contributed by atoms with van der Waals surface area (Å²) < 4.78 is 11.0. The van der Waals surface area contributed by atoms with Crippen molar-refractivity contribution in [1.82, 2.24) is 5.32 Å². The van der Waals surface area contributed by atoms with Crippen molar-refractivity contribution in [2.75, 3.05) is 26.9 Å². The van der Waals surface area contributed by atoms with Crippen LogP contribution in [-0.2, 0) is 9.53 Å². The largest absolute Gasteiger partial charge is 0.483 e. The Hall–Kier alpha value is -0.780. The van der Waals surface area contributed by atoms with Crippen LogP contribution >= 0.6 is 27.5 Å². The first-order valence-electron chi connectivity index (χ1n) is 5.47. The van der Waals surface area contributed by atoms with Crippen LogP contribution in [0.3, 0.4) is 0 Å². The van der Waals surface area contributed by atoms with Gasteiger partial charge in [0.2, 0.25) is 0 Å². The highest BCUT2D eigenvalue weighted by molar-refractivity contribution is 9.10. The molecule has 0 atom stereocenters. The van der Waals surface area contributed by atoms with Crippen molar-refractivity contribution in [3.63, 3.8) is 0 Å². The average molecular weight is 337 g/mol. The van der Waals surface area contributed by atoms with Gasteiger partial charge < -0.3 is 14.8 Å². The van der Waals surface area contributed by atoms with Crippen molar-refractivity contribution in [3.8, 4) is 5.75 Å². The number of amides is 1. The molecule has 0 heterocycles. The molecule has 0 unspecified atom stereocenters. The molecule has 0 fully saturated rings. The van der Waals surface area contributed by atoms with E-state index in [1.807, 2.05) is 0 Å². The molecule has 1 aromatic rings. The van der Waals surface area contributed by atoms with Gasteiger partial charge in [-0.25, -0.2) is 0 Å². The number of hydrogen-bond acceptors (Lipinski definition) is 3. The molecule has 4 nitrogen and oxygen atoms in total. The van der Waals surface area contributed by atoms with Gasteiger partial charge in [0, 0.05) is 25.3 Å². The molecule has 0 bridgehead atoms. The van der Waals surface area contributed by atoms with Gasteiger partial charge in [-0.05, 0) is 40.5 Å². The summed E-state index contributed by atoms with van der Waals surface area (Å²) in [4.78, 5) is 11.4. The third-order valence-corrected chi connectivity index (χ3v) is 2.95. The highest BCUT2D eigenvalue weighted by Crippen LogP contribution is 2.27. The lowest BCUT2D eigenvalue weighted by atomic mass is 10.3. The molecule has 18 heavy (non-hydrogen) atoms. The average Bonchev–Trinajstić information content (AvgIpc) is 2.33. The van der Waals surface area contributed by atoms with Crippen LogP contribution in [0.2, 0.25) is 5.02 Å². The van der Waals surface area contributed by atoms with E-state index in [1.165, 1.54) is 0 Å². The summed E-state index contributed by atoms with van der Waals surface area (Å²) in [6.07, 6.45) is 0.785. The van der Waals surface area contributed by atoms with Crippen LogP contribution in [-0.4, -0.2) is 32.8 Å². The minimum absolute atomic E-state index is 0.0206. The van der Waals surface area contributed by atoms with Crippen LogP contribution in [0.15, 0.2) is 22.7 Å². The maximum atomic E-state index is 11.4. The van der Waals surface area contributed by atoms with Gasteiger partial charge in [-0.2, -0.15) is 0 Å². The molecule has 1 amide bonds. The topological polar surface area (TPSA) is 47.6 Å². The second kappa shape index (κ2) is 8.34. The molecule has 0 radical (unpaired) electrons. The van der Waals surface area contributed by atoms with E-state index in [0.29, 0.717) is 23.9 Å². The minimum Gasteiger partial charge on any atom is -0.483 e. The molecule has 100 valence electrons. The number of methoxy groups -OCH3 is 1. The van der Waals surface area contributed by atoms with Crippen LogP contribution in [0.25, 0.3) is 0 Å². The van der Waals surface area contributed by atoms with Gasteiger partial charge in [-0.15, -0.1) is 0 Å². The fourth-order valence-corrected chi connectivity index (χ4v) is 2.03. The summed E-state index contributed by atoms with van der Waals surface area (Å²) in [6, 6.07) is 5.14. The molecular formula is C12H15BrClNO3. The number of rotatable bonds is 7. The quantitative estimate of drug-likeness (QED) is 0.779. The van der Waals surface area contributed by atoms with Crippen LogP contribution in [0.1, 0.15) is 6.42 Å². The lowest BCUT2D eigenvalue weighted by Crippen LogP contribution is -2.30. The van der Waals surface area contributed by atoms with Gasteiger partial charge in [0.05, 0.1) is 4.47 Å². The van der Waals surface area contributed by atoms with Crippen LogP contribution < -0.4 is 10.1 Å². The van der Waals surface area contributed by atoms with E-state index in [2.05, 4.69) is 21.2 Å². The van der Waals surface area contributed by atoms with E-state index in [4.69, 9.17) is 21.1 Å². The van der Waals surface area contributed by atoms with E-state index in [-0.39, 0.29) is 12.5 Å². The maximum absolute atomic E-state index is 11.4. The van der Waals surface area contributed by atoms with E-state index < -0.39 is 0 Å². The van der Waals surface area contributed by atoms with Crippen molar-refractivity contribution in [2.45, 2.75) is 6.42 Å². The third-order valence-electron chi connectivity index (χ3n) is 2.10. The zero-order valence-corrected chi connectivity index (χ0v) is 12.4. The normalized spacial score (nSPS) is 10.2. The lowest BCUT2D eigenvalue weighted by Gasteiger charge is -2.09. The molecule has 0 saturated heterocycles. The molecule has 0 aliphatic carbocycles. The standard InChI is InChI=1S/C12H15BrClNO3/c1-17-6-2-5-15-12(16)8-18-11-4-3-9(14)7-10(11)13/h3-4,7H,2,5-6,8H2,1H3,(H,15,16). The van der Waals surface area contributed by atoms with Gasteiger partial charge in [-0.1, -0.05) is 11.6 Å². The molecular weight excluding hydrogens is 321 g/mol. The van der Waals surface area contributed by atoms with Crippen molar-refractivity contribution >= 4 is 33.4 Å². The first-order valence-corrected chi connectivity index (χ1v) is 6.64. The number of benzene rings is 1. The molecule has 0 spiro atoms. The van der Waals surface area contributed by atoms with Crippen molar-refractivity contribution in [3.05, 3.63) is 27.7 Å². The molecule has 0 aliphatic heterocycles. The van der Waals surface area contributed by atoms with E-state index >= 15 is 0 Å². The predicted octanol–water partition coefficient (Wildman–Crippen LogP) is 2.63. The van der Waals surface area contributed by atoms with E-state index in [9.17, 15) is 4.79 Å². The van der Waals surface area contributed by atoms with Crippen LogP contribution in [0.5, 0.6) is 5.75 Å². The van der Waals surface area contributed by atoms with Gasteiger partial charge in [-0.3, -0.25) is 4.79 Å². The SMILES string of the molecule is COCCCNC(=O)COc1ccc(Cl)cc1Br. The van der Waals surface area contributed by atoms with Crippen molar-refractivity contribution in [1.29, 1.82) is 0 Å². The fraction of sp³-hybridized carbons (Fsp3) is 0.417. The monoisotopic (exact) mass is 335 g/mol. The summed E-state index contributed by atoms with van der Waals surface area (Å²) in [5, 5.41) is 3.34. The van der Waals surface area contributed by atoms with Gasteiger partial charge >= 0.3 is 0 Å². The number of carbonyl (C=O) groups excluding carboxylic acids is 1. The predicted molar refractivity (Wildman–Crippen MR) is 74.1 cm³/mol. The zero-order valence-electron chi connectivity index (χ0n) is 10.0. The number of ether oxygens (including phenoxy) is 2. The Morgan fingerprint density at radius 2 is 2.28 bits per heavy atom. The smallest absolute Gasteiger partial charge is 0.257 e. The first-order chi connectivity index (χ1) is 8.63. The molecule has 0 aliphatic rings. The van der Waals surface area contributed by atoms with Gasteiger partial charge in [0.25, 0.3) is 5.91 Å². The molecule has 1 N–H and O–H groups in total. The second-order valence-electron chi connectivity index (χ2n) is 3.56. The molecule has 1 aromatic carbocycles. The number of hydrogen-bond donors (Lipinski definition) is 1. The summed E-state index contributed by atoms with van der Waals surface area (Å²) in [7, 11) is 1.63. The summed E-state index contributed by atoms with van der Waals surface area (Å²) in [6.45, 7) is 1.19. The Morgan fingerprint density at radius 1 is 1.50 bits per heavy atom. The Kier molecular flexibility index (Phi) is 7.08. The van der Waals surface area contributed by atoms with Crippen LogP contribution in [0.4, 0.5) is 0 Å². The summed E-state index contributed by atoms with van der Waals surface area (Å²) in [5.41, 5.74) is 0. The number of carbonyl (C=O) groups is 1. The fourth-order valence-electron chi connectivity index (χ4n) is 1.23. The third kappa shape index (κ3) is 5.71. The highest BCUT2D eigenvalue weighted by atomic mass is 79.9. The van der Waals surface area contributed by atoms with Crippen molar-refractivity contribution in [2.24, 2.45) is 0 Å². The molecule has 0 saturated carbocycles. The summed E-state index contributed by atoms with van der Waals surface area (Å²) >= 11 is 9.11.